The molecule has 0 radical (unpaired) electrons. The van der Waals surface area contributed by atoms with E-state index < -0.39 is 0 Å². The number of aryl methyl sites for hydroxylation is 1. The molecule has 0 amide bonds. The van der Waals surface area contributed by atoms with Crippen LogP contribution in [0, 0.1) is 23.2 Å². The van der Waals surface area contributed by atoms with Crippen LogP contribution in [0.1, 0.15) is 31.5 Å². The summed E-state index contributed by atoms with van der Waals surface area (Å²) in [6.45, 7) is 4.05. The molecule has 2 aliphatic carbocycles. The third-order valence-corrected chi connectivity index (χ3v) is 5.89. The number of fused-ring (bicyclic) bond motifs is 3. The number of aromatic nitrogens is 2. The zero-order valence-corrected chi connectivity index (χ0v) is 13.4. The Bertz CT molecular complexity index is 682. The fraction of sp³-hybridized carbons (Fsp3) is 0.533. The molecular weight excluding hydrogens is 318 g/mol. The maximum absolute atomic E-state index is 12.2. The standard InChI is InChI=1S/C15H16BrN3O/c1-8-11-5-4-10-13(18-19(3)14(10)16)15(11,2)6-9(7-17)12(8)20/h6,8,11H,4-5H2,1-3H3. The molecule has 4 nitrogen and oxygen atoms in total. The number of carbonyl (C=O) groups is 1. The minimum Gasteiger partial charge on any atom is -0.293 e. The molecule has 5 heteroatoms. The normalized spacial score (nSPS) is 32.1. The molecule has 0 saturated carbocycles. The van der Waals surface area contributed by atoms with E-state index in [4.69, 9.17) is 0 Å². The SMILES string of the molecule is CC1C(=O)C(C#N)=CC2(C)c3nn(C)c(Br)c3CCC12. The van der Waals surface area contributed by atoms with Crippen LogP contribution in [0.4, 0.5) is 0 Å². The number of hydrogen-bond donors (Lipinski definition) is 0. The Labute approximate surface area is 126 Å². The van der Waals surface area contributed by atoms with Crippen LogP contribution in [0.3, 0.4) is 0 Å². The van der Waals surface area contributed by atoms with Gasteiger partial charge in [-0.1, -0.05) is 19.9 Å². The van der Waals surface area contributed by atoms with Crippen molar-refractivity contribution < 1.29 is 4.79 Å². The van der Waals surface area contributed by atoms with Crippen LogP contribution in [-0.4, -0.2) is 15.6 Å². The van der Waals surface area contributed by atoms with Crippen molar-refractivity contribution in [3.63, 3.8) is 0 Å². The topological polar surface area (TPSA) is 58.7 Å². The van der Waals surface area contributed by atoms with Gasteiger partial charge in [0, 0.05) is 23.9 Å². The van der Waals surface area contributed by atoms with Gasteiger partial charge in [0.2, 0.25) is 0 Å². The van der Waals surface area contributed by atoms with Gasteiger partial charge < -0.3 is 0 Å². The van der Waals surface area contributed by atoms with Gasteiger partial charge in [-0.25, -0.2) is 0 Å². The smallest absolute Gasteiger partial charge is 0.176 e. The molecule has 0 saturated heterocycles. The molecule has 2 aliphatic rings. The van der Waals surface area contributed by atoms with Crippen molar-refractivity contribution in [1.82, 2.24) is 9.78 Å². The average molecular weight is 334 g/mol. The van der Waals surface area contributed by atoms with Gasteiger partial charge in [0.25, 0.3) is 0 Å². The van der Waals surface area contributed by atoms with Crippen molar-refractivity contribution >= 4 is 21.7 Å². The van der Waals surface area contributed by atoms with Crippen molar-refractivity contribution in [2.45, 2.75) is 32.1 Å². The summed E-state index contributed by atoms with van der Waals surface area (Å²) in [5.41, 5.74) is 2.18. The van der Waals surface area contributed by atoms with Gasteiger partial charge >= 0.3 is 0 Å². The predicted molar refractivity (Wildman–Crippen MR) is 77.9 cm³/mol. The molecule has 1 heterocycles. The van der Waals surface area contributed by atoms with Crippen LogP contribution in [0.25, 0.3) is 0 Å². The summed E-state index contributed by atoms with van der Waals surface area (Å²) in [6, 6.07) is 2.06. The number of allylic oxidation sites excluding steroid dienone is 2. The maximum atomic E-state index is 12.2. The molecule has 1 aromatic heterocycles. The van der Waals surface area contributed by atoms with Gasteiger partial charge in [0.15, 0.2) is 5.78 Å². The molecule has 0 bridgehead atoms. The molecule has 0 aliphatic heterocycles. The third-order valence-electron chi connectivity index (χ3n) is 4.90. The lowest BCUT2D eigenvalue weighted by Gasteiger charge is -2.44. The highest BCUT2D eigenvalue weighted by Gasteiger charge is 2.49. The molecule has 0 aromatic carbocycles. The zero-order valence-electron chi connectivity index (χ0n) is 11.8. The van der Waals surface area contributed by atoms with Gasteiger partial charge in [-0.3, -0.25) is 9.48 Å². The van der Waals surface area contributed by atoms with Gasteiger partial charge in [0.1, 0.15) is 10.7 Å². The lowest BCUT2D eigenvalue weighted by Crippen LogP contribution is -2.45. The maximum Gasteiger partial charge on any atom is 0.176 e. The quantitative estimate of drug-likeness (QED) is 0.733. The van der Waals surface area contributed by atoms with E-state index in [1.807, 2.05) is 24.7 Å². The predicted octanol–water partition coefficient (Wildman–Crippen LogP) is 2.67. The lowest BCUT2D eigenvalue weighted by molar-refractivity contribution is -0.121. The van der Waals surface area contributed by atoms with Crippen molar-refractivity contribution in [1.29, 1.82) is 5.26 Å². The fourth-order valence-corrected chi connectivity index (χ4v) is 4.27. The van der Waals surface area contributed by atoms with E-state index in [2.05, 4.69) is 34.0 Å². The summed E-state index contributed by atoms with van der Waals surface area (Å²) in [5.74, 6) is 0.0865. The highest BCUT2D eigenvalue weighted by Crippen LogP contribution is 2.50. The Morgan fingerprint density at radius 1 is 1.60 bits per heavy atom. The van der Waals surface area contributed by atoms with E-state index in [-0.39, 0.29) is 28.6 Å². The Kier molecular flexibility index (Phi) is 2.91. The Balaban J connectivity index is 2.26. The number of Topliss-reactive ketones (excluding diaryl/α,β-unsaturated/α-hetero) is 1. The van der Waals surface area contributed by atoms with Crippen molar-refractivity contribution in [2.75, 3.05) is 0 Å². The number of rotatable bonds is 0. The van der Waals surface area contributed by atoms with Crippen LogP contribution in [0.2, 0.25) is 0 Å². The van der Waals surface area contributed by atoms with Gasteiger partial charge in [-0.2, -0.15) is 10.4 Å². The highest BCUT2D eigenvalue weighted by atomic mass is 79.9. The number of halogens is 1. The monoisotopic (exact) mass is 333 g/mol. The molecule has 104 valence electrons. The summed E-state index contributed by atoms with van der Waals surface area (Å²) in [5, 5.41) is 13.9. The number of nitrogens with zero attached hydrogens (tertiary/aromatic N) is 3. The summed E-state index contributed by atoms with van der Waals surface area (Å²) in [4.78, 5) is 12.2. The number of nitriles is 1. The van der Waals surface area contributed by atoms with E-state index in [1.165, 1.54) is 5.56 Å². The van der Waals surface area contributed by atoms with E-state index in [0.717, 1.165) is 23.1 Å². The van der Waals surface area contributed by atoms with Gasteiger partial charge in [-0.15, -0.1) is 0 Å². The minimum atomic E-state index is -0.324. The van der Waals surface area contributed by atoms with Crippen LogP contribution in [-0.2, 0) is 23.7 Å². The first-order valence-electron chi connectivity index (χ1n) is 6.79. The molecule has 3 unspecified atom stereocenters. The number of ketones is 1. The second-order valence-electron chi connectivity index (χ2n) is 5.99. The Hall–Kier alpha value is -1.41. The first-order chi connectivity index (χ1) is 9.40. The molecular formula is C15H16BrN3O. The molecule has 20 heavy (non-hydrogen) atoms. The van der Waals surface area contributed by atoms with Crippen LogP contribution in [0.15, 0.2) is 16.3 Å². The Morgan fingerprint density at radius 2 is 2.30 bits per heavy atom. The molecule has 3 atom stereocenters. The van der Waals surface area contributed by atoms with E-state index in [9.17, 15) is 10.1 Å². The minimum absolute atomic E-state index is 0.0200. The third kappa shape index (κ3) is 1.58. The lowest BCUT2D eigenvalue weighted by atomic mass is 9.58. The summed E-state index contributed by atoms with van der Waals surface area (Å²) in [7, 11) is 1.91. The first-order valence-corrected chi connectivity index (χ1v) is 7.58. The van der Waals surface area contributed by atoms with Crippen LogP contribution in [0.5, 0.6) is 0 Å². The first kappa shape index (κ1) is 13.6. The van der Waals surface area contributed by atoms with Crippen molar-refractivity contribution in [2.24, 2.45) is 18.9 Å². The summed E-state index contributed by atoms with van der Waals surface area (Å²) in [6.07, 6.45) is 3.73. The molecule has 1 aromatic rings. The molecule has 0 spiro atoms. The van der Waals surface area contributed by atoms with Crippen molar-refractivity contribution in [3.8, 4) is 6.07 Å². The average Bonchev–Trinajstić information content (AvgIpc) is 2.72. The van der Waals surface area contributed by atoms with E-state index in [0.29, 0.717) is 0 Å². The summed E-state index contributed by atoms with van der Waals surface area (Å²) >= 11 is 3.58. The van der Waals surface area contributed by atoms with Crippen LogP contribution < -0.4 is 0 Å². The van der Waals surface area contributed by atoms with Gasteiger partial charge in [0.05, 0.1) is 11.3 Å². The molecule has 3 rings (SSSR count). The largest absolute Gasteiger partial charge is 0.293 e. The second kappa shape index (κ2) is 4.29. The zero-order chi connectivity index (χ0) is 14.7. The van der Waals surface area contributed by atoms with E-state index >= 15 is 0 Å². The van der Waals surface area contributed by atoms with Crippen molar-refractivity contribution in [3.05, 3.63) is 27.5 Å². The molecule has 0 N–H and O–H groups in total. The van der Waals surface area contributed by atoms with E-state index in [1.54, 1.807) is 0 Å². The second-order valence-corrected chi connectivity index (χ2v) is 6.74. The summed E-state index contributed by atoms with van der Waals surface area (Å²) < 4.78 is 2.84. The molecule has 0 fully saturated rings. The Morgan fingerprint density at radius 3 is 2.95 bits per heavy atom. The number of carbonyl (C=O) groups excluding carboxylic acids is 1. The highest BCUT2D eigenvalue weighted by molar-refractivity contribution is 9.10. The van der Waals surface area contributed by atoms with Crippen LogP contribution >= 0.6 is 15.9 Å². The fourth-order valence-electron chi connectivity index (χ4n) is 3.81. The van der Waals surface area contributed by atoms with Gasteiger partial charge in [-0.05, 0) is 34.7 Å². The number of hydrogen-bond acceptors (Lipinski definition) is 3.